The molecule has 2 aromatic carbocycles. The third kappa shape index (κ3) is 4.42. The van der Waals surface area contributed by atoms with Gasteiger partial charge in [0.2, 0.25) is 0 Å². The molecule has 1 amide bonds. The van der Waals surface area contributed by atoms with Crippen molar-refractivity contribution in [2.24, 2.45) is 5.92 Å². The number of nitrogens with zero attached hydrogens (tertiary/aromatic N) is 3. The van der Waals surface area contributed by atoms with E-state index in [0.717, 1.165) is 25.4 Å². The summed E-state index contributed by atoms with van der Waals surface area (Å²) in [6, 6.07) is 11.5. The van der Waals surface area contributed by atoms with E-state index >= 15 is 0 Å². The second kappa shape index (κ2) is 9.18. The third-order valence-electron chi connectivity index (χ3n) is 7.06. The molecule has 0 unspecified atom stereocenters. The summed E-state index contributed by atoms with van der Waals surface area (Å²) in [4.78, 5) is 44.5. The van der Waals surface area contributed by atoms with Crippen molar-refractivity contribution in [2.75, 3.05) is 26.2 Å². The molecule has 34 heavy (non-hydrogen) atoms. The molecular weight excluding hydrogens is 435 g/mol. The standard InChI is InChI=1S/C26H29FN4O3/c1-2-19-16-30(12-11-29(19)14-17-7-8-17)25(33)21-13-18(9-10-22(21)27)15-31-23-6-4-3-5-20(23)24(32)28-26(31)34/h3-6,9-10,13,17,19H,2,7-8,11-12,14-16H2,1H3,(H,28,32,34)/t19-/m1/s1. The minimum absolute atomic E-state index is 0.0183. The number of fused-ring (bicyclic) bond motifs is 1. The molecule has 0 bridgehead atoms. The second-order valence-electron chi connectivity index (χ2n) is 9.43. The van der Waals surface area contributed by atoms with Crippen molar-refractivity contribution in [1.82, 2.24) is 19.4 Å². The van der Waals surface area contributed by atoms with Crippen LogP contribution in [0.2, 0.25) is 0 Å². The quantitative estimate of drug-likeness (QED) is 0.609. The number of halogens is 1. The predicted molar refractivity (Wildman–Crippen MR) is 129 cm³/mol. The number of carbonyl (C=O) groups excluding carboxylic acids is 1. The number of para-hydroxylation sites is 1. The molecule has 0 radical (unpaired) electrons. The highest BCUT2D eigenvalue weighted by atomic mass is 19.1. The van der Waals surface area contributed by atoms with Crippen molar-refractivity contribution in [3.05, 3.63) is 80.2 Å². The number of rotatable bonds is 6. The van der Waals surface area contributed by atoms with Crippen LogP contribution in [0.4, 0.5) is 4.39 Å². The Morgan fingerprint density at radius 2 is 1.91 bits per heavy atom. The molecule has 8 heteroatoms. The van der Waals surface area contributed by atoms with Crippen LogP contribution in [-0.4, -0.2) is 57.5 Å². The van der Waals surface area contributed by atoms with Crippen LogP contribution in [-0.2, 0) is 6.54 Å². The smallest absolute Gasteiger partial charge is 0.329 e. The number of carbonyl (C=O) groups is 1. The fourth-order valence-corrected chi connectivity index (χ4v) is 4.92. The first kappa shape index (κ1) is 22.5. The van der Waals surface area contributed by atoms with E-state index < -0.39 is 17.1 Å². The minimum atomic E-state index is -0.569. The number of piperazine rings is 1. The molecule has 2 heterocycles. The molecule has 2 fully saturated rings. The van der Waals surface area contributed by atoms with Gasteiger partial charge in [0, 0.05) is 32.2 Å². The lowest BCUT2D eigenvalue weighted by Crippen LogP contribution is -2.55. The van der Waals surface area contributed by atoms with Crippen LogP contribution in [0.3, 0.4) is 0 Å². The Morgan fingerprint density at radius 1 is 1.12 bits per heavy atom. The number of benzene rings is 2. The van der Waals surface area contributed by atoms with Crippen molar-refractivity contribution in [3.8, 4) is 0 Å². The van der Waals surface area contributed by atoms with E-state index in [0.29, 0.717) is 29.6 Å². The number of hydrogen-bond acceptors (Lipinski definition) is 4. The van der Waals surface area contributed by atoms with Gasteiger partial charge < -0.3 is 4.90 Å². The normalized spacial score (nSPS) is 19.0. The van der Waals surface area contributed by atoms with Crippen LogP contribution in [0.5, 0.6) is 0 Å². The summed E-state index contributed by atoms with van der Waals surface area (Å²) in [5.41, 5.74) is 0.135. The van der Waals surface area contributed by atoms with Gasteiger partial charge in [0.1, 0.15) is 5.82 Å². The van der Waals surface area contributed by atoms with Gasteiger partial charge in [-0.25, -0.2) is 9.18 Å². The summed E-state index contributed by atoms with van der Waals surface area (Å²) in [5.74, 6) is -0.0960. The summed E-state index contributed by atoms with van der Waals surface area (Å²) in [7, 11) is 0. The summed E-state index contributed by atoms with van der Waals surface area (Å²) in [6.07, 6.45) is 3.53. The molecular formula is C26H29FN4O3. The highest BCUT2D eigenvalue weighted by molar-refractivity contribution is 5.94. The van der Waals surface area contributed by atoms with Crippen molar-refractivity contribution < 1.29 is 9.18 Å². The Hall–Kier alpha value is -3.26. The average molecular weight is 465 g/mol. The molecule has 1 aromatic heterocycles. The first-order chi connectivity index (χ1) is 16.4. The Balaban J connectivity index is 1.39. The molecule has 7 nitrogen and oxygen atoms in total. The van der Waals surface area contributed by atoms with Crippen LogP contribution < -0.4 is 11.2 Å². The van der Waals surface area contributed by atoms with Gasteiger partial charge in [0.05, 0.1) is 23.0 Å². The fourth-order valence-electron chi connectivity index (χ4n) is 4.92. The molecule has 1 atom stereocenters. The van der Waals surface area contributed by atoms with Crippen LogP contribution in [0.25, 0.3) is 10.9 Å². The molecule has 5 rings (SSSR count). The third-order valence-corrected chi connectivity index (χ3v) is 7.06. The van der Waals surface area contributed by atoms with Gasteiger partial charge in [0.25, 0.3) is 11.5 Å². The Bertz CT molecular complexity index is 1340. The average Bonchev–Trinajstić information content (AvgIpc) is 3.66. The van der Waals surface area contributed by atoms with Gasteiger partial charge >= 0.3 is 5.69 Å². The van der Waals surface area contributed by atoms with Crippen molar-refractivity contribution >= 4 is 16.8 Å². The van der Waals surface area contributed by atoms with Gasteiger partial charge in [-0.1, -0.05) is 25.1 Å². The number of H-pyrrole nitrogens is 1. The van der Waals surface area contributed by atoms with E-state index in [9.17, 15) is 18.8 Å². The fraction of sp³-hybridized carbons (Fsp3) is 0.423. The first-order valence-electron chi connectivity index (χ1n) is 12.0. The highest BCUT2D eigenvalue weighted by Gasteiger charge is 2.33. The summed E-state index contributed by atoms with van der Waals surface area (Å²) < 4.78 is 16.2. The zero-order valence-corrected chi connectivity index (χ0v) is 19.3. The maximum Gasteiger partial charge on any atom is 0.329 e. The van der Waals surface area contributed by atoms with E-state index in [1.165, 1.54) is 29.5 Å². The van der Waals surface area contributed by atoms with Crippen LogP contribution in [0.15, 0.2) is 52.1 Å². The molecule has 1 N–H and O–H groups in total. The first-order valence-corrected chi connectivity index (χ1v) is 12.0. The van der Waals surface area contributed by atoms with Gasteiger partial charge in [-0.2, -0.15) is 0 Å². The molecule has 178 valence electrons. The zero-order valence-electron chi connectivity index (χ0n) is 19.3. The number of aromatic nitrogens is 2. The summed E-state index contributed by atoms with van der Waals surface area (Å²) >= 11 is 0. The molecule has 2 aliphatic rings. The van der Waals surface area contributed by atoms with E-state index in [1.807, 2.05) is 0 Å². The van der Waals surface area contributed by atoms with E-state index in [-0.39, 0.29) is 24.1 Å². The van der Waals surface area contributed by atoms with Crippen molar-refractivity contribution in [1.29, 1.82) is 0 Å². The molecule has 1 saturated carbocycles. The number of aromatic amines is 1. The van der Waals surface area contributed by atoms with Crippen LogP contribution >= 0.6 is 0 Å². The molecule has 1 aliphatic heterocycles. The van der Waals surface area contributed by atoms with Gasteiger partial charge in [-0.3, -0.25) is 24.0 Å². The monoisotopic (exact) mass is 464 g/mol. The molecule has 3 aromatic rings. The van der Waals surface area contributed by atoms with Gasteiger partial charge in [0.15, 0.2) is 0 Å². The molecule has 1 saturated heterocycles. The van der Waals surface area contributed by atoms with Crippen molar-refractivity contribution in [3.63, 3.8) is 0 Å². The largest absolute Gasteiger partial charge is 0.336 e. The highest BCUT2D eigenvalue weighted by Crippen LogP contribution is 2.31. The van der Waals surface area contributed by atoms with Crippen molar-refractivity contribution in [2.45, 2.75) is 38.8 Å². The van der Waals surface area contributed by atoms with Crippen LogP contribution in [0, 0.1) is 11.7 Å². The lowest BCUT2D eigenvalue weighted by Gasteiger charge is -2.41. The number of hydrogen-bond donors (Lipinski definition) is 1. The topological polar surface area (TPSA) is 78.4 Å². The minimum Gasteiger partial charge on any atom is -0.336 e. The number of nitrogens with one attached hydrogen (secondary N) is 1. The summed E-state index contributed by atoms with van der Waals surface area (Å²) in [5, 5.41) is 0.398. The Morgan fingerprint density at radius 3 is 2.68 bits per heavy atom. The van der Waals surface area contributed by atoms with E-state index in [2.05, 4.69) is 16.8 Å². The maximum absolute atomic E-state index is 14.8. The lowest BCUT2D eigenvalue weighted by molar-refractivity contribution is 0.0457. The molecule has 1 aliphatic carbocycles. The Labute approximate surface area is 196 Å². The van der Waals surface area contributed by atoms with Gasteiger partial charge in [-0.15, -0.1) is 0 Å². The van der Waals surface area contributed by atoms with E-state index in [4.69, 9.17) is 0 Å². The maximum atomic E-state index is 14.8. The van der Waals surface area contributed by atoms with E-state index in [1.54, 1.807) is 35.2 Å². The zero-order chi connectivity index (χ0) is 23.8. The van der Waals surface area contributed by atoms with Crippen LogP contribution in [0.1, 0.15) is 42.1 Å². The SMILES string of the molecule is CC[C@@H]1CN(C(=O)c2cc(Cn3c(=O)[nH]c(=O)c4ccccc43)ccc2F)CCN1CC1CC1. The Kier molecular flexibility index (Phi) is 6.08. The summed E-state index contributed by atoms with van der Waals surface area (Å²) in [6.45, 7) is 5.31. The predicted octanol–water partition coefficient (Wildman–Crippen LogP) is 2.82. The van der Waals surface area contributed by atoms with Gasteiger partial charge in [-0.05, 0) is 55.0 Å². The number of amides is 1. The second-order valence-corrected chi connectivity index (χ2v) is 9.43. The molecule has 0 spiro atoms. The lowest BCUT2D eigenvalue weighted by atomic mass is 10.0.